The lowest BCUT2D eigenvalue weighted by atomic mass is 10.1. The number of esters is 1. The topological polar surface area (TPSA) is 64.1 Å². The minimum absolute atomic E-state index is 0.176. The Hall–Kier alpha value is -2.73. The Kier molecular flexibility index (Phi) is 4.08. The van der Waals surface area contributed by atoms with Crippen molar-refractivity contribution in [3.63, 3.8) is 0 Å². The molecule has 0 bridgehead atoms. The van der Waals surface area contributed by atoms with E-state index in [0.29, 0.717) is 21.4 Å². The van der Waals surface area contributed by atoms with Crippen molar-refractivity contribution in [3.05, 3.63) is 69.2 Å². The van der Waals surface area contributed by atoms with E-state index in [2.05, 4.69) is 9.72 Å². The first-order valence-corrected chi connectivity index (χ1v) is 7.41. The maximum absolute atomic E-state index is 12.7. The summed E-state index contributed by atoms with van der Waals surface area (Å²) in [6.45, 7) is 0. The van der Waals surface area contributed by atoms with Crippen molar-refractivity contribution in [3.8, 4) is 5.69 Å². The average Bonchev–Trinajstić information content (AvgIpc) is 2.56. The van der Waals surface area contributed by atoms with Gasteiger partial charge in [0.05, 0.1) is 30.1 Å². The minimum Gasteiger partial charge on any atom is -0.469 e. The monoisotopic (exact) mass is 326 g/mol. The number of para-hydroxylation sites is 1. The summed E-state index contributed by atoms with van der Waals surface area (Å²) in [5.41, 5.74) is 1.99. The van der Waals surface area contributed by atoms with Gasteiger partial charge in [0.15, 0.2) is 4.77 Å². The first-order chi connectivity index (χ1) is 11.1. The standard InChI is InChI=1S/C17H14N2O3S/c1-22-15(20)10-11-6-8-12(9-7-11)19-16(21)13-4-2-3-5-14(13)18-17(19)23/h2-9H,10H2,1H3,(H,18,23). The van der Waals surface area contributed by atoms with Gasteiger partial charge in [0.25, 0.3) is 5.56 Å². The molecule has 0 aliphatic heterocycles. The number of carbonyl (C=O) groups is 1. The van der Waals surface area contributed by atoms with Crippen LogP contribution in [0.15, 0.2) is 53.3 Å². The third-order valence-corrected chi connectivity index (χ3v) is 3.86. The van der Waals surface area contributed by atoms with Crippen LogP contribution in [0.2, 0.25) is 0 Å². The second kappa shape index (κ2) is 6.18. The van der Waals surface area contributed by atoms with Gasteiger partial charge in [-0.3, -0.25) is 14.2 Å². The zero-order valence-corrected chi connectivity index (χ0v) is 13.2. The minimum atomic E-state index is -0.307. The van der Waals surface area contributed by atoms with Crippen molar-refractivity contribution in [1.29, 1.82) is 0 Å². The molecule has 0 aliphatic rings. The summed E-state index contributed by atoms with van der Waals surface area (Å²) in [5.74, 6) is -0.307. The molecule has 6 heteroatoms. The highest BCUT2D eigenvalue weighted by Gasteiger charge is 2.08. The van der Waals surface area contributed by atoms with Gasteiger partial charge in [0, 0.05) is 0 Å². The lowest BCUT2D eigenvalue weighted by Gasteiger charge is -2.09. The third kappa shape index (κ3) is 2.93. The predicted molar refractivity (Wildman–Crippen MR) is 90.4 cm³/mol. The predicted octanol–water partition coefficient (Wildman–Crippen LogP) is 2.76. The Morgan fingerprint density at radius 1 is 1.17 bits per heavy atom. The molecule has 5 nitrogen and oxygen atoms in total. The van der Waals surface area contributed by atoms with E-state index < -0.39 is 0 Å². The van der Waals surface area contributed by atoms with Gasteiger partial charge in [0.1, 0.15) is 0 Å². The number of nitrogens with zero attached hydrogens (tertiary/aromatic N) is 1. The van der Waals surface area contributed by atoms with Gasteiger partial charge < -0.3 is 9.72 Å². The number of fused-ring (bicyclic) bond motifs is 1. The van der Waals surface area contributed by atoms with Crippen LogP contribution in [0.3, 0.4) is 0 Å². The number of hydrogen-bond acceptors (Lipinski definition) is 4. The Labute approximate surface area is 137 Å². The number of methoxy groups -OCH3 is 1. The molecular weight excluding hydrogens is 312 g/mol. The summed E-state index contributed by atoms with van der Waals surface area (Å²) in [5, 5.41) is 0.569. The van der Waals surface area contributed by atoms with E-state index in [1.165, 1.54) is 11.7 Å². The van der Waals surface area contributed by atoms with Crippen LogP contribution in [0.25, 0.3) is 16.6 Å². The molecule has 1 heterocycles. The molecular formula is C17H14N2O3S. The van der Waals surface area contributed by atoms with Crippen LogP contribution in [0, 0.1) is 4.77 Å². The fourth-order valence-corrected chi connectivity index (χ4v) is 2.70. The second-order valence-corrected chi connectivity index (χ2v) is 5.42. The van der Waals surface area contributed by atoms with Crippen LogP contribution in [0.1, 0.15) is 5.56 Å². The number of carbonyl (C=O) groups excluding carboxylic acids is 1. The van der Waals surface area contributed by atoms with Crippen molar-refractivity contribution in [2.24, 2.45) is 0 Å². The number of aromatic nitrogens is 2. The average molecular weight is 326 g/mol. The highest BCUT2D eigenvalue weighted by atomic mass is 32.1. The molecule has 0 saturated carbocycles. The SMILES string of the molecule is COC(=O)Cc1ccc(-n2c(=S)[nH]c3ccccc3c2=O)cc1. The molecule has 1 aromatic heterocycles. The normalized spacial score (nSPS) is 10.7. The van der Waals surface area contributed by atoms with Gasteiger partial charge in [-0.15, -0.1) is 0 Å². The van der Waals surface area contributed by atoms with Crippen molar-refractivity contribution in [2.45, 2.75) is 6.42 Å². The highest BCUT2D eigenvalue weighted by molar-refractivity contribution is 7.71. The van der Waals surface area contributed by atoms with Crippen molar-refractivity contribution in [2.75, 3.05) is 7.11 Å². The number of ether oxygens (including phenoxy) is 1. The van der Waals surface area contributed by atoms with Gasteiger partial charge >= 0.3 is 5.97 Å². The van der Waals surface area contributed by atoms with Gasteiger partial charge in [-0.25, -0.2) is 0 Å². The maximum atomic E-state index is 12.7. The van der Waals surface area contributed by atoms with Gasteiger partial charge in [-0.1, -0.05) is 24.3 Å². The van der Waals surface area contributed by atoms with E-state index >= 15 is 0 Å². The molecule has 0 unspecified atom stereocenters. The summed E-state index contributed by atoms with van der Waals surface area (Å²) in [6.07, 6.45) is 0.191. The second-order valence-electron chi connectivity index (χ2n) is 5.04. The zero-order chi connectivity index (χ0) is 16.4. The third-order valence-electron chi connectivity index (χ3n) is 3.58. The largest absolute Gasteiger partial charge is 0.469 e. The van der Waals surface area contributed by atoms with Crippen molar-refractivity contribution in [1.82, 2.24) is 9.55 Å². The molecule has 0 aliphatic carbocycles. The number of aromatic amines is 1. The summed E-state index contributed by atoms with van der Waals surface area (Å²) in [7, 11) is 1.35. The summed E-state index contributed by atoms with van der Waals surface area (Å²) in [6, 6.07) is 14.3. The summed E-state index contributed by atoms with van der Waals surface area (Å²) >= 11 is 5.30. The lowest BCUT2D eigenvalue weighted by molar-refractivity contribution is -0.139. The van der Waals surface area contributed by atoms with E-state index in [0.717, 1.165) is 5.56 Å². The molecule has 0 saturated heterocycles. The molecule has 0 amide bonds. The Morgan fingerprint density at radius 2 is 1.87 bits per heavy atom. The van der Waals surface area contributed by atoms with Gasteiger partial charge in [0.2, 0.25) is 0 Å². The molecule has 0 radical (unpaired) electrons. The molecule has 116 valence electrons. The molecule has 3 aromatic rings. The zero-order valence-electron chi connectivity index (χ0n) is 12.4. The molecule has 2 aromatic carbocycles. The molecule has 1 N–H and O–H groups in total. The number of H-pyrrole nitrogens is 1. The van der Waals surface area contributed by atoms with Crippen LogP contribution in [-0.4, -0.2) is 22.6 Å². The van der Waals surface area contributed by atoms with E-state index in [-0.39, 0.29) is 17.9 Å². The van der Waals surface area contributed by atoms with E-state index in [1.54, 1.807) is 30.3 Å². The molecule has 0 atom stereocenters. The summed E-state index contributed by atoms with van der Waals surface area (Å²) < 4.78 is 6.41. The van der Waals surface area contributed by atoms with Crippen molar-refractivity contribution < 1.29 is 9.53 Å². The van der Waals surface area contributed by atoms with Crippen LogP contribution >= 0.6 is 12.2 Å². The van der Waals surface area contributed by atoms with Crippen LogP contribution in [0.5, 0.6) is 0 Å². The van der Waals surface area contributed by atoms with E-state index in [4.69, 9.17) is 12.2 Å². The van der Waals surface area contributed by atoms with E-state index in [1.807, 2.05) is 18.2 Å². The van der Waals surface area contributed by atoms with Gasteiger partial charge in [-0.05, 0) is 42.0 Å². The quantitative estimate of drug-likeness (QED) is 0.594. The fraction of sp³-hybridized carbons (Fsp3) is 0.118. The van der Waals surface area contributed by atoms with Crippen LogP contribution in [0.4, 0.5) is 0 Å². The molecule has 0 spiro atoms. The fourth-order valence-electron chi connectivity index (χ4n) is 2.40. The molecule has 0 fully saturated rings. The number of hydrogen-bond donors (Lipinski definition) is 1. The Bertz CT molecular complexity index is 987. The van der Waals surface area contributed by atoms with E-state index in [9.17, 15) is 9.59 Å². The smallest absolute Gasteiger partial charge is 0.309 e. The maximum Gasteiger partial charge on any atom is 0.309 e. The van der Waals surface area contributed by atoms with Gasteiger partial charge in [-0.2, -0.15) is 0 Å². The van der Waals surface area contributed by atoms with Crippen LogP contribution in [-0.2, 0) is 16.0 Å². The Morgan fingerprint density at radius 3 is 2.57 bits per heavy atom. The molecule has 3 rings (SSSR count). The first kappa shape index (κ1) is 15.2. The highest BCUT2D eigenvalue weighted by Crippen LogP contribution is 2.12. The lowest BCUT2D eigenvalue weighted by Crippen LogP contribution is -2.20. The number of nitrogens with one attached hydrogen (secondary N) is 1. The van der Waals surface area contributed by atoms with Crippen molar-refractivity contribution >= 4 is 29.1 Å². The number of rotatable bonds is 3. The first-order valence-electron chi connectivity index (χ1n) is 7.00. The number of benzene rings is 2. The summed E-state index contributed by atoms with van der Waals surface area (Å²) in [4.78, 5) is 27.0. The Balaban J connectivity index is 2.08. The van der Waals surface area contributed by atoms with Crippen LogP contribution < -0.4 is 5.56 Å². The molecule has 23 heavy (non-hydrogen) atoms.